The predicted molar refractivity (Wildman–Crippen MR) is 29.6 cm³/mol. The standard InChI is InChI=1S/C3H7BO3.H3N/c1-2(4)3(5,6)7;/h2,5-7H,1H3;1H3. The minimum atomic E-state index is -2.72. The first kappa shape index (κ1) is 10.8. The molecule has 0 saturated heterocycles. The Hall–Kier alpha value is -0.0951. The van der Waals surface area contributed by atoms with Gasteiger partial charge in [-0.25, -0.2) is 0 Å². The van der Waals surface area contributed by atoms with Crippen molar-refractivity contribution in [3.05, 3.63) is 0 Å². The van der Waals surface area contributed by atoms with E-state index >= 15 is 0 Å². The Bertz CT molecular complexity index is 60.0. The second-order valence-corrected chi connectivity index (χ2v) is 1.48. The topological polar surface area (TPSA) is 95.7 Å². The van der Waals surface area contributed by atoms with Gasteiger partial charge in [0, 0.05) is 0 Å². The summed E-state index contributed by atoms with van der Waals surface area (Å²) < 4.78 is 0. The number of hydrogen-bond donors (Lipinski definition) is 4. The van der Waals surface area contributed by atoms with Crippen LogP contribution in [-0.4, -0.2) is 29.1 Å². The SMILES string of the molecule is N.[B]C(C)C(O)(O)O. The molecule has 48 valence electrons. The fraction of sp³-hybridized carbons (Fsp3) is 1.00. The molecule has 0 aromatic heterocycles. The van der Waals surface area contributed by atoms with E-state index in [9.17, 15) is 0 Å². The molecule has 0 fully saturated rings. The van der Waals surface area contributed by atoms with Crippen molar-refractivity contribution in [2.24, 2.45) is 0 Å². The van der Waals surface area contributed by atoms with Crippen molar-refractivity contribution in [1.29, 1.82) is 0 Å². The van der Waals surface area contributed by atoms with Gasteiger partial charge in [-0.2, -0.15) is 0 Å². The van der Waals surface area contributed by atoms with Crippen LogP contribution in [-0.2, 0) is 0 Å². The lowest BCUT2D eigenvalue weighted by atomic mass is 9.87. The molecule has 2 radical (unpaired) electrons. The lowest BCUT2D eigenvalue weighted by Gasteiger charge is -2.17. The number of rotatable bonds is 1. The molecule has 6 N–H and O–H groups in total. The molecule has 0 amide bonds. The van der Waals surface area contributed by atoms with Crippen molar-refractivity contribution in [3.63, 3.8) is 0 Å². The van der Waals surface area contributed by atoms with Crippen LogP contribution in [0.1, 0.15) is 6.92 Å². The molecule has 0 spiro atoms. The average Bonchev–Trinajstić information content (AvgIpc) is 1.31. The summed E-state index contributed by atoms with van der Waals surface area (Å²) in [5.74, 6) is -3.76. The van der Waals surface area contributed by atoms with E-state index in [0.717, 1.165) is 0 Å². The molecular formula is C3H10BNO3. The van der Waals surface area contributed by atoms with Crippen LogP contribution in [0.2, 0.25) is 5.82 Å². The predicted octanol–water partition coefficient (Wildman–Crippen LogP) is -1.24. The Morgan fingerprint density at radius 2 is 1.50 bits per heavy atom. The van der Waals surface area contributed by atoms with Crippen LogP contribution in [0.25, 0.3) is 0 Å². The highest BCUT2D eigenvalue weighted by atomic mass is 16.7. The molecule has 0 heterocycles. The first-order chi connectivity index (χ1) is 2.94. The molecule has 0 bridgehead atoms. The Morgan fingerprint density at radius 1 is 1.38 bits per heavy atom. The lowest BCUT2D eigenvalue weighted by molar-refractivity contribution is -0.310. The summed E-state index contributed by atoms with van der Waals surface area (Å²) >= 11 is 0. The summed E-state index contributed by atoms with van der Waals surface area (Å²) in [5, 5.41) is 24.2. The van der Waals surface area contributed by atoms with Crippen LogP contribution in [0.4, 0.5) is 0 Å². The summed E-state index contributed by atoms with van der Waals surface area (Å²) in [5.41, 5.74) is 0. The van der Waals surface area contributed by atoms with Crippen LogP contribution >= 0.6 is 0 Å². The molecule has 8 heavy (non-hydrogen) atoms. The van der Waals surface area contributed by atoms with Gasteiger partial charge in [0.15, 0.2) is 0 Å². The molecule has 0 rings (SSSR count). The van der Waals surface area contributed by atoms with Gasteiger partial charge in [-0.3, -0.25) is 0 Å². The summed E-state index contributed by atoms with van der Waals surface area (Å²) in [6.45, 7) is 1.28. The first-order valence-corrected chi connectivity index (χ1v) is 1.87. The molecule has 0 aliphatic carbocycles. The van der Waals surface area contributed by atoms with E-state index in [0.29, 0.717) is 0 Å². The maximum absolute atomic E-state index is 8.08. The van der Waals surface area contributed by atoms with Gasteiger partial charge in [-0.05, 0) is 5.82 Å². The highest BCUT2D eigenvalue weighted by molar-refractivity contribution is 6.11. The molecular weight excluding hydrogens is 109 g/mol. The number of aliphatic hydroxyl groups is 3. The van der Waals surface area contributed by atoms with E-state index in [1.54, 1.807) is 0 Å². The summed E-state index contributed by atoms with van der Waals surface area (Å²) in [6, 6.07) is 0. The Kier molecular flexibility index (Phi) is 4.10. The van der Waals surface area contributed by atoms with Gasteiger partial charge in [-0.15, -0.1) is 0 Å². The zero-order valence-corrected chi connectivity index (χ0v) is 4.70. The number of hydrogen-bond acceptors (Lipinski definition) is 4. The Balaban J connectivity index is 0. The van der Waals surface area contributed by atoms with Crippen LogP contribution in [0, 0.1) is 0 Å². The molecule has 0 aromatic rings. The fourth-order valence-electron chi connectivity index (χ4n) is 0. The minimum absolute atomic E-state index is 0. The van der Waals surface area contributed by atoms with E-state index < -0.39 is 11.8 Å². The largest absolute Gasteiger partial charge is 0.344 e. The maximum Gasteiger partial charge on any atom is 0.269 e. The third kappa shape index (κ3) is 4.07. The molecule has 5 heteroatoms. The second kappa shape index (κ2) is 3.04. The zero-order chi connectivity index (χ0) is 6.08. The van der Waals surface area contributed by atoms with E-state index in [1.807, 2.05) is 0 Å². The van der Waals surface area contributed by atoms with Crippen LogP contribution in [0.3, 0.4) is 0 Å². The molecule has 1 atom stereocenters. The smallest absolute Gasteiger partial charge is 0.269 e. The van der Waals surface area contributed by atoms with E-state index in [-0.39, 0.29) is 6.15 Å². The normalized spacial score (nSPS) is 14.5. The lowest BCUT2D eigenvalue weighted by Crippen LogP contribution is -2.31. The monoisotopic (exact) mass is 119 g/mol. The quantitative estimate of drug-likeness (QED) is 0.256. The van der Waals surface area contributed by atoms with Gasteiger partial charge in [0.1, 0.15) is 0 Å². The molecule has 0 aliphatic rings. The molecule has 0 aliphatic heterocycles. The van der Waals surface area contributed by atoms with Gasteiger partial charge in [0.2, 0.25) is 0 Å². The van der Waals surface area contributed by atoms with Crippen molar-refractivity contribution >= 4 is 7.85 Å². The van der Waals surface area contributed by atoms with E-state index in [2.05, 4.69) is 0 Å². The van der Waals surface area contributed by atoms with Crippen molar-refractivity contribution in [3.8, 4) is 0 Å². The van der Waals surface area contributed by atoms with Crippen molar-refractivity contribution in [1.82, 2.24) is 6.15 Å². The fourth-order valence-corrected chi connectivity index (χ4v) is 0. The third-order valence-corrected chi connectivity index (χ3v) is 0.611. The minimum Gasteiger partial charge on any atom is -0.344 e. The highest BCUT2D eigenvalue weighted by Gasteiger charge is 2.21. The maximum atomic E-state index is 8.08. The Morgan fingerprint density at radius 3 is 1.50 bits per heavy atom. The van der Waals surface area contributed by atoms with Gasteiger partial charge in [-0.1, -0.05) is 6.92 Å². The van der Waals surface area contributed by atoms with Gasteiger partial charge in [0.05, 0.1) is 7.85 Å². The van der Waals surface area contributed by atoms with Crippen LogP contribution < -0.4 is 6.15 Å². The van der Waals surface area contributed by atoms with Crippen molar-refractivity contribution < 1.29 is 15.3 Å². The van der Waals surface area contributed by atoms with Crippen LogP contribution in [0.5, 0.6) is 0 Å². The van der Waals surface area contributed by atoms with E-state index in [4.69, 9.17) is 23.2 Å². The molecule has 0 aromatic carbocycles. The van der Waals surface area contributed by atoms with Crippen LogP contribution in [0.15, 0.2) is 0 Å². The van der Waals surface area contributed by atoms with Gasteiger partial charge < -0.3 is 21.5 Å². The third-order valence-electron chi connectivity index (χ3n) is 0.611. The molecule has 0 saturated carbocycles. The van der Waals surface area contributed by atoms with Crippen molar-refractivity contribution in [2.45, 2.75) is 18.7 Å². The first-order valence-electron chi connectivity index (χ1n) is 1.87. The molecule has 1 unspecified atom stereocenters. The average molecular weight is 119 g/mol. The van der Waals surface area contributed by atoms with Gasteiger partial charge in [0.25, 0.3) is 5.97 Å². The van der Waals surface area contributed by atoms with E-state index in [1.165, 1.54) is 6.92 Å². The molecule has 4 nitrogen and oxygen atoms in total. The highest BCUT2D eigenvalue weighted by Crippen LogP contribution is 2.10. The Labute approximate surface area is 49.1 Å². The summed E-state index contributed by atoms with van der Waals surface area (Å²) in [7, 11) is 4.82. The van der Waals surface area contributed by atoms with Gasteiger partial charge >= 0.3 is 0 Å². The zero-order valence-electron chi connectivity index (χ0n) is 4.70. The second-order valence-electron chi connectivity index (χ2n) is 1.48. The van der Waals surface area contributed by atoms with Crippen molar-refractivity contribution in [2.75, 3.05) is 0 Å². The summed E-state index contributed by atoms with van der Waals surface area (Å²) in [6.07, 6.45) is 0. The summed E-state index contributed by atoms with van der Waals surface area (Å²) in [4.78, 5) is 0.